The van der Waals surface area contributed by atoms with Crippen LogP contribution in [0.4, 0.5) is 5.82 Å². The minimum atomic E-state index is 0.817. The number of anilines is 1. The van der Waals surface area contributed by atoms with E-state index in [1.807, 2.05) is 30.8 Å². The van der Waals surface area contributed by atoms with E-state index in [4.69, 9.17) is 0 Å². The van der Waals surface area contributed by atoms with Gasteiger partial charge in [-0.2, -0.15) is 10.2 Å². The van der Waals surface area contributed by atoms with E-state index in [2.05, 4.69) is 39.8 Å². The summed E-state index contributed by atoms with van der Waals surface area (Å²) in [7, 11) is 2.03. The van der Waals surface area contributed by atoms with Crippen LogP contribution in [0.25, 0.3) is 0 Å². The number of hydrogen-bond donors (Lipinski definition) is 2. The fourth-order valence-electron chi connectivity index (χ4n) is 2.58. The summed E-state index contributed by atoms with van der Waals surface area (Å²) in [6.07, 6.45) is 1.99. The Bertz CT molecular complexity index is 587. The maximum atomic E-state index is 4.60. The molecule has 6 heteroatoms. The molecule has 120 valence electrons. The molecule has 0 radical (unpaired) electrons. The van der Waals surface area contributed by atoms with Crippen LogP contribution < -0.4 is 10.6 Å². The van der Waals surface area contributed by atoms with Gasteiger partial charge in [0, 0.05) is 37.9 Å². The Morgan fingerprint density at radius 1 is 1.09 bits per heavy atom. The molecule has 0 aliphatic rings. The molecule has 2 heterocycles. The fraction of sp³-hybridized carbons (Fsp3) is 0.562. The Morgan fingerprint density at radius 3 is 2.55 bits per heavy atom. The van der Waals surface area contributed by atoms with Crippen LogP contribution in [0.2, 0.25) is 0 Å². The van der Waals surface area contributed by atoms with E-state index in [9.17, 15) is 0 Å². The van der Waals surface area contributed by atoms with Crippen LogP contribution in [-0.2, 0) is 26.4 Å². The molecule has 0 bridgehead atoms. The molecule has 2 rings (SSSR count). The first kappa shape index (κ1) is 16.4. The standard InChI is InChI=1S/C16H26N6/c1-5-14-13(15(6-2)22(4)21-14)11-17-9-10-18-16-8-7-12(3)19-20-16/h7-8,17H,5-6,9-11H2,1-4H3,(H,18,20). The highest BCUT2D eigenvalue weighted by Crippen LogP contribution is 2.14. The summed E-state index contributed by atoms with van der Waals surface area (Å²) in [5.41, 5.74) is 4.80. The van der Waals surface area contributed by atoms with Crippen LogP contribution in [-0.4, -0.2) is 33.1 Å². The van der Waals surface area contributed by atoms with E-state index in [1.165, 1.54) is 17.0 Å². The Hall–Kier alpha value is -1.95. The number of aromatic nitrogens is 4. The van der Waals surface area contributed by atoms with E-state index in [0.717, 1.165) is 44.0 Å². The first-order valence-corrected chi connectivity index (χ1v) is 7.94. The summed E-state index contributed by atoms with van der Waals surface area (Å²) in [5, 5.41) is 19.5. The molecule has 0 saturated carbocycles. The Kier molecular flexibility index (Phi) is 5.89. The zero-order chi connectivity index (χ0) is 15.9. The molecule has 0 amide bonds. The van der Waals surface area contributed by atoms with Crippen molar-refractivity contribution in [2.45, 2.75) is 40.2 Å². The van der Waals surface area contributed by atoms with Gasteiger partial charge in [0.15, 0.2) is 0 Å². The van der Waals surface area contributed by atoms with Gasteiger partial charge in [-0.1, -0.05) is 13.8 Å². The quantitative estimate of drug-likeness (QED) is 0.728. The number of rotatable bonds is 8. The average molecular weight is 302 g/mol. The van der Waals surface area contributed by atoms with Crippen molar-refractivity contribution in [1.82, 2.24) is 25.3 Å². The van der Waals surface area contributed by atoms with Crippen molar-refractivity contribution in [3.63, 3.8) is 0 Å². The first-order valence-electron chi connectivity index (χ1n) is 7.94. The zero-order valence-corrected chi connectivity index (χ0v) is 14.0. The molecular weight excluding hydrogens is 276 g/mol. The highest BCUT2D eigenvalue weighted by atomic mass is 15.3. The molecule has 0 aromatic carbocycles. The SMILES string of the molecule is CCc1nn(C)c(CC)c1CNCCNc1ccc(C)nn1. The first-order chi connectivity index (χ1) is 10.7. The van der Waals surface area contributed by atoms with Crippen LogP contribution in [0, 0.1) is 6.92 Å². The maximum Gasteiger partial charge on any atom is 0.148 e. The van der Waals surface area contributed by atoms with Gasteiger partial charge in [0.2, 0.25) is 0 Å². The van der Waals surface area contributed by atoms with Crippen molar-refractivity contribution in [2.24, 2.45) is 7.05 Å². The summed E-state index contributed by atoms with van der Waals surface area (Å²) < 4.78 is 2.01. The number of nitrogens with zero attached hydrogens (tertiary/aromatic N) is 4. The minimum absolute atomic E-state index is 0.817. The largest absolute Gasteiger partial charge is 0.367 e. The number of aryl methyl sites for hydroxylation is 3. The average Bonchev–Trinajstić information content (AvgIpc) is 2.84. The monoisotopic (exact) mass is 302 g/mol. The lowest BCUT2D eigenvalue weighted by molar-refractivity contribution is 0.684. The maximum absolute atomic E-state index is 4.60. The second-order valence-corrected chi connectivity index (χ2v) is 5.37. The van der Waals surface area contributed by atoms with Gasteiger partial charge in [-0.25, -0.2) is 0 Å². The van der Waals surface area contributed by atoms with Crippen LogP contribution in [0.1, 0.15) is 36.5 Å². The van der Waals surface area contributed by atoms with Crippen LogP contribution >= 0.6 is 0 Å². The van der Waals surface area contributed by atoms with Crippen molar-refractivity contribution in [3.05, 3.63) is 34.8 Å². The molecule has 0 aliphatic carbocycles. The van der Waals surface area contributed by atoms with Gasteiger partial charge in [-0.05, 0) is 31.9 Å². The molecule has 0 spiro atoms. The lowest BCUT2D eigenvalue weighted by Gasteiger charge is -2.08. The van der Waals surface area contributed by atoms with E-state index in [-0.39, 0.29) is 0 Å². The summed E-state index contributed by atoms with van der Waals surface area (Å²) in [4.78, 5) is 0. The van der Waals surface area contributed by atoms with Gasteiger partial charge in [0.1, 0.15) is 5.82 Å². The molecule has 2 N–H and O–H groups in total. The van der Waals surface area contributed by atoms with Crippen molar-refractivity contribution in [2.75, 3.05) is 18.4 Å². The van der Waals surface area contributed by atoms with Gasteiger partial charge in [-0.15, -0.1) is 5.10 Å². The van der Waals surface area contributed by atoms with Crippen molar-refractivity contribution in [3.8, 4) is 0 Å². The second-order valence-electron chi connectivity index (χ2n) is 5.37. The molecule has 0 aliphatic heterocycles. The van der Waals surface area contributed by atoms with Crippen molar-refractivity contribution >= 4 is 5.82 Å². The minimum Gasteiger partial charge on any atom is -0.367 e. The predicted octanol–water partition coefficient (Wildman–Crippen LogP) is 1.85. The van der Waals surface area contributed by atoms with E-state index in [1.54, 1.807) is 0 Å². The van der Waals surface area contributed by atoms with E-state index >= 15 is 0 Å². The second kappa shape index (κ2) is 7.89. The lowest BCUT2D eigenvalue weighted by atomic mass is 10.1. The highest BCUT2D eigenvalue weighted by molar-refractivity contribution is 5.32. The summed E-state index contributed by atoms with van der Waals surface area (Å²) in [6, 6.07) is 3.91. The molecule has 2 aromatic heterocycles. The van der Waals surface area contributed by atoms with Crippen molar-refractivity contribution < 1.29 is 0 Å². The predicted molar refractivity (Wildman–Crippen MR) is 88.9 cm³/mol. The number of nitrogens with one attached hydrogen (secondary N) is 2. The molecule has 0 atom stereocenters. The van der Waals surface area contributed by atoms with Crippen LogP contribution in [0.3, 0.4) is 0 Å². The Balaban J connectivity index is 1.80. The molecule has 0 unspecified atom stereocenters. The smallest absolute Gasteiger partial charge is 0.148 e. The normalized spacial score (nSPS) is 10.9. The van der Waals surface area contributed by atoms with Gasteiger partial charge < -0.3 is 10.6 Å². The van der Waals surface area contributed by atoms with Crippen molar-refractivity contribution in [1.29, 1.82) is 0 Å². The lowest BCUT2D eigenvalue weighted by Crippen LogP contribution is -2.23. The third-order valence-electron chi connectivity index (χ3n) is 3.74. The summed E-state index contributed by atoms with van der Waals surface area (Å²) >= 11 is 0. The molecule has 2 aromatic rings. The number of hydrogen-bond acceptors (Lipinski definition) is 5. The third-order valence-corrected chi connectivity index (χ3v) is 3.74. The van der Waals surface area contributed by atoms with Crippen LogP contribution in [0.15, 0.2) is 12.1 Å². The molecule has 6 nitrogen and oxygen atoms in total. The molecule has 22 heavy (non-hydrogen) atoms. The van der Waals surface area contributed by atoms with Gasteiger partial charge in [0.25, 0.3) is 0 Å². The zero-order valence-electron chi connectivity index (χ0n) is 14.0. The molecular formula is C16H26N6. The van der Waals surface area contributed by atoms with Gasteiger partial charge in [0.05, 0.1) is 11.4 Å². The third kappa shape index (κ3) is 4.04. The fourth-order valence-corrected chi connectivity index (χ4v) is 2.58. The molecule has 0 saturated heterocycles. The Labute approximate surface area is 132 Å². The Morgan fingerprint density at radius 2 is 1.91 bits per heavy atom. The van der Waals surface area contributed by atoms with Crippen LogP contribution in [0.5, 0.6) is 0 Å². The van der Waals surface area contributed by atoms with Gasteiger partial charge in [-0.3, -0.25) is 4.68 Å². The summed E-state index contributed by atoms with van der Waals surface area (Å²) in [5.74, 6) is 0.817. The molecule has 0 fully saturated rings. The van der Waals surface area contributed by atoms with Gasteiger partial charge >= 0.3 is 0 Å². The van der Waals surface area contributed by atoms with E-state index < -0.39 is 0 Å². The highest BCUT2D eigenvalue weighted by Gasteiger charge is 2.12. The van der Waals surface area contributed by atoms with E-state index in [0.29, 0.717) is 0 Å². The summed E-state index contributed by atoms with van der Waals surface area (Å²) in [6.45, 7) is 8.82. The topological polar surface area (TPSA) is 67.7 Å².